The van der Waals surface area contributed by atoms with Crippen LogP contribution in [-0.2, 0) is 0 Å². The van der Waals surface area contributed by atoms with Crippen LogP contribution in [0, 0.1) is 35.5 Å². The summed E-state index contributed by atoms with van der Waals surface area (Å²) in [6.45, 7) is 8.32. The average Bonchev–Trinajstić information content (AvgIpc) is 3.19. The molecule has 0 aliphatic heterocycles. The summed E-state index contributed by atoms with van der Waals surface area (Å²) in [5, 5.41) is 24.3. The molecule has 6 atom stereocenters. The largest absolute Gasteiger partial charge is 0.392 e. The molecule has 0 saturated heterocycles. The highest BCUT2D eigenvalue weighted by Gasteiger charge is 2.44. The van der Waals surface area contributed by atoms with Crippen LogP contribution in [0.25, 0.3) is 0 Å². The van der Waals surface area contributed by atoms with Gasteiger partial charge in [0.25, 0.3) is 0 Å². The van der Waals surface area contributed by atoms with Gasteiger partial charge in [0.1, 0.15) is 0 Å². The molecule has 3 heteroatoms. The lowest BCUT2D eigenvalue weighted by Crippen LogP contribution is -2.19. The maximum atomic E-state index is 10.5. The van der Waals surface area contributed by atoms with Crippen LogP contribution in [0.5, 0.6) is 0 Å². The minimum Gasteiger partial charge on any atom is -0.392 e. The molecule has 0 aromatic rings. The van der Waals surface area contributed by atoms with Crippen LogP contribution in [0.1, 0.15) is 72.1 Å². The van der Waals surface area contributed by atoms with Crippen LogP contribution in [0.15, 0.2) is 23.8 Å². The summed E-state index contributed by atoms with van der Waals surface area (Å²) in [7, 11) is 0. The summed E-state index contributed by atoms with van der Waals surface area (Å²) < 4.78 is 0. The molecule has 2 fully saturated rings. The van der Waals surface area contributed by atoms with Crippen molar-refractivity contribution >= 4 is 0 Å². The van der Waals surface area contributed by atoms with Crippen LogP contribution in [0.4, 0.5) is 0 Å². The standard InChI is InChI=1S/C25H41NO2/c1-4-6-10-19(3)24(27)13-12-22-23-17-20(16-21(23)18-25(22)28)11-8-7-9-15-26-14-5-2/h11-13,19,21-28H,5,7-10,14-18H2,1-3H3/b13-12+,20-11+/t19-,21-,22+,23-,24+,25+/m0/s1. The first-order valence-corrected chi connectivity index (χ1v) is 11.4. The fourth-order valence-corrected chi connectivity index (χ4v) is 4.76. The van der Waals surface area contributed by atoms with E-state index in [0.717, 1.165) is 32.4 Å². The van der Waals surface area contributed by atoms with Crippen LogP contribution in [-0.4, -0.2) is 35.5 Å². The van der Waals surface area contributed by atoms with Crippen LogP contribution >= 0.6 is 0 Å². The molecule has 0 radical (unpaired) electrons. The van der Waals surface area contributed by atoms with Crippen LogP contribution in [0.3, 0.4) is 0 Å². The predicted octanol–water partition coefficient (Wildman–Crippen LogP) is 4.46. The van der Waals surface area contributed by atoms with Crippen molar-refractivity contribution in [3.05, 3.63) is 23.8 Å². The Labute approximate surface area is 172 Å². The van der Waals surface area contributed by atoms with Gasteiger partial charge >= 0.3 is 0 Å². The van der Waals surface area contributed by atoms with E-state index in [0.29, 0.717) is 18.3 Å². The smallest absolute Gasteiger partial charge is 0.0755 e. The number of fused-ring (bicyclic) bond motifs is 1. The van der Waals surface area contributed by atoms with Gasteiger partial charge in [-0.25, -0.2) is 0 Å². The van der Waals surface area contributed by atoms with Gasteiger partial charge < -0.3 is 15.5 Å². The van der Waals surface area contributed by atoms with Gasteiger partial charge in [0, 0.05) is 12.3 Å². The molecule has 0 amide bonds. The van der Waals surface area contributed by atoms with Crippen molar-refractivity contribution in [2.75, 3.05) is 13.1 Å². The zero-order valence-corrected chi connectivity index (χ0v) is 18.2. The molecule has 28 heavy (non-hydrogen) atoms. The third kappa shape index (κ3) is 7.07. The first-order valence-electron chi connectivity index (χ1n) is 11.4. The molecule has 3 nitrogen and oxygen atoms in total. The van der Waals surface area contributed by atoms with E-state index in [1.165, 1.54) is 25.7 Å². The number of rotatable bonds is 11. The van der Waals surface area contributed by atoms with E-state index in [1.807, 2.05) is 19.9 Å². The van der Waals surface area contributed by atoms with Gasteiger partial charge in [-0.15, -0.1) is 11.8 Å². The lowest BCUT2D eigenvalue weighted by Gasteiger charge is -2.19. The van der Waals surface area contributed by atoms with Gasteiger partial charge in [0.05, 0.1) is 12.2 Å². The monoisotopic (exact) mass is 387 g/mol. The normalized spacial score (nSPS) is 30.4. The number of unbranched alkanes of at least 4 members (excludes halogenated alkanes) is 2. The van der Waals surface area contributed by atoms with Crippen molar-refractivity contribution < 1.29 is 10.2 Å². The molecule has 2 rings (SSSR count). The van der Waals surface area contributed by atoms with E-state index in [9.17, 15) is 10.2 Å². The number of aliphatic hydroxyl groups is 2. The van der Waals surface area contributed by atoms with Crippen molar-refractivity contribution in [2.24, 2.45) is 23.7 Å². The zero-order valence-electron chi connectivity index (χ0n) is 18.2. The van der Waals surface area contributed by atoms with E-state index in [2.05, 4.69) is 36.2 Å². The first kappa shape index (κ1) is 23.2. The maximum absolute atomic E-state index is 10.5. The Hall–Kier alpha value is -1.08. The number of hydrogen-bond donors (Lipinski definition) is 3. The van der Waals surface area contributed by atoms with Crippen molar-refractivity contribution in [3.63, 3.8) is 0 Å². The Morgan fingerprint density at radius 1 is 1.25 bits per heavy atom. The SMILES string of the molecule is CC#CC[C@H](C)[C@H](O)/C=C/[C@@H]1[C@H]2C/C(=C/CCCCNCCC)C[C@H]2C[C@H]1O. The molecule has 3 N–H and O–H groups in total. The van der Waals surface area contributed by atoms with Crippen molar-refractivity contribution in [1.82, 2.24) is 5.32 Å². The van der Waals surface area contributed by atoms with E-state index >= 15 is 0 Å². The first-order chi connectivity index (χ1) is 13.6. The highest BCUT2D eigenvalue weighted by atomic mass is 16.3. The maximum Gasteiger partial charge on any atom is 0.0755 e. The van der Waals surface area contributed by atoms with Gasteiger partial charge in [0.15, 0.2) is 0 Å². The van der Waals surface area contributed by atoms with Crippen LogP contribution < -0.4 is 5.32 Å². The minimum atomic E-state index is -0.482. The van der Waals surface area contributed by atoms with E-state index in [1.54, 1.807) is 5.57 Å². The molecule has 2 saturated carbocycles. The lowest BCUT2D eigenvalue weighted by molar-refractivity contribution is 0.137. The summed E-state index contributed by atoms with van der Waals surface area (Å²) in [6, 6.07) is 0. The van der Waals surface area contributed by atoms with Crippen molar-refractivity contribution in [1.29, 1.82) is 0 Å². The second-order valence-corrected chi connectivity index (χ2v) is 8.80. The molecule has 2 aliphatic carbocycles. The van der Waals surface area contributed by atoms with Gasteiger partial charge in [-0.05, 0) is 82.7 Å². The molecule has 0 aromatic carbocycles. The minimum absolute atomic E-state index is 0.129. The molecule has 0 unspecified atom stereocenters. The van der Waals surface area contributed by atoms with E-state index in [4.69, 9.17) is 0 Å². The van der Waals surface area contributed by atoms with Gasteiger partial charge in [-0.3, -0.25) is 0 Å². The number of aliphatic hydroxyl groups excluding tert-OH is 2. The number of hydrogen-bond acceptors (Lipinski definition) is 3. The second kappa shape index (κ2) is 12.5. The fourth-order valence-electron chi connectivity index (χ4n) is 4.76. The topological polar surface area (TPSA) is 52.5 Å². The number of nitrogens with one attached hydrogen (secondary N) is 1. The summed E-state index contributed by atoms with van der Waals surface area (Å²) in [6.07, 6.45) is 14.5. The molecule has 0 spiro atoms. The molecule has 0 bridgehead atoms. The molecular formula is C25H41NO2. The van der Waals surface area contributed by atoms with Gasteiger partial charge in [-0.2, -0.15) is 0 Å². The third-order valence-electron chi connectivity index (χ3n) is 6.49. The summed E-state index contributed by atoms with van der Waals surface area (Å²) in [5.74, 6) is 7.41. The van der Waals surface area contributed by atoms with E-state index < -0.39 is 6.10 Å². The molecule has 158 valence electrons. The quantitative estimate of drug-likeness (QED) is 0.279. The highest BCUT2D eigenvalue weighted by Crippen LogP contribution is 2.50. The predicted molar refractivity (Wildman–Crippen MR) is 118 cm³/mol. The third-order valence-corrected chi connectivity index (χ3v) is 6.49. The lowest BCUT2D eigenvalue weighted by atomic mass is 9.89. The highest BCUT2D eigenvalue weighted by molar-refractivity contribution is 5.18. The summed E-state index contributed by atoms with van der Waals surface area (Å²) in [5.41, 5.74) is 1.59. The fraction of sp³-hybridized carbons (Fsp3) is 0.760. The summed E-state index contributed by atoms with van der Waals surface area (Å²) >= 11 is 0. The van der Waals surface area contributed by atoms with Crippen molar-refractivity contribution in [3.8, 4) is 11.8 Å². The molecular weight excluding hydrogens is 346 g/mol. The van der Waals surface area contributed by atoms with Gasteiger partial charge in [-0.1, -0.05) is 37.6 Å². The molecule has 0 heterocycles. The Balaban J connectivity index is 1.79. The van der Waals surface area contributed by atoms with Gasteiger partial charge in [0.2, 0.25) is 0 Å². The Bertz CT molecular complexity index is 571. The molecule has 2 aliphatic rings. The Kier molecular flexibility index (Phi) is 10.3. The Morgan fingerprint density at radius 2 is 2.07 bits per heavy atom. The second-order valence-electron chi connectivity index (χ2n) is 8.80. The Morgan fingerprint density at radius 3 is 2.82 bits per heavy atom. The summed E-state index contributed by atoms with van der Waals surface area (Å²) in [4.78, 5) is 0. The zero-order chi connectivity index (χ0) is 20.4. The van der Waals surface area contributed by atoms with Crippen molar-refractivity contribution in [2.45, 2.75) is 84.3 Å². The van der Waals surface area contributed by atoms with Crippen LogP contribution in [0.2, 0.25) is 0 Å². The average molecular weight is 388 g/mol. The number of allylic oxidation sites excluding steroid dienone is 2. The molecule has 0 aromatic heterocycles. The van der Waals surface area contributed by atoms with E-state index in [-0.39, 0.29) is 17.9 Å².